The number of nitrogen functional groups attached to an aromatic ring is 1. The van der Waals surface area contributed by atoms with Crippen molar-refractivity contribution in [3.63, 3.8) is 0 Å². The first kappa shape index (κ1) is 14.7. The lowest BCUT2D eigenvalue weighted by Gasteiger charge is -2.07. The van der Waals surface area contributed by atoms with Crippen molar-refractivity contribution in [1.29, 1.82) is 0 Å². The fourth-order valence-corrected chi connectivity index (χ4v) is 1.64. The number of esters is 1. The number of ether oxygens (including phenoxy) is 2. The van der Waals surface area contributed by atoms with E-state index < -0.39 is 0 Å². The molecule has 0 heterocycles. The van der Waals surface area contributed by atoms with Crippen molar-refractivity contribution < 1.29 is 19.4 Å². The number of benzene rings is 2. The van der Waals surface area contributed by atoms with Gasteiger partial charge in [0.2, 0.25) is 0 Å². The molecular formula is C16H17NO4. The standard InChI is InChI=1S/C16H17NO4/c17-13-3-7-15(8-4-13)20-10-9-16(19)21-11-12-1-5-14(18)6-2-12/h1-8,18H,9-11,17H2. The van der Waals surface area contributed by atoms with Gasteiger partial charge in [-0.15, -0.1) is 0 Å². The maximum Gasteiger partial charge on any atom is 0.309 e. The molecular weight excluding hydrogens is 270 g/mol. The number of phenolic OH excluding ortho intramolecular Hbond substituents is 1. The fourth-order valence-electron chi connectivity index (χ4n) is 1.64. The minimum atomic E-state index is -0.335. The summed E-state index contributed by atoms with van der Waals surface area (Å²) in [6, 6.07) is 13.5. The van der Waals surface area contributed by atoms with E-state index in [1.807, 2.05) is 0 Å². The van der Waals surface area contributed by atoms with Gasteiger partial charge in [-0.1, -0.05) is 12.1 Å². The van der Waals surface area contributed by atoms with Gasteiger partial charge >= 0.3 is 5.97 Å². The second-order valence-corrected chi connectivity index (χ2v) is 4.49. The third kappa shape index (κ3) is 5.06. The number of hydrogen-bond donors (Lipinski definition) is 2. The second-order valence-electron chi connectivity index (χ2n) is 4.49. The summed E-state index contributed by atoms with van der Waals surface area (Å²) >= 11 is 0. The lowest BCUT2D eigenvalue weighted by Crippen LogP contribution is -2.09. The Labute approximate surface area is 122 Å². The molecule has 3 N–H and O–H groups in total. The van der Waals surface area contributed by atoms with E-state index in [0.717, 1.165) is 5.56 Å². The Balaban J connectivity index is 1.67. The Morgan fingerprint density at radius 2 is 1.71 bits per heavy atom. The molecule has 0 bridgehead atoms. The molecule has 0 amide bonds. The molecule has 0 saturated carbocycles. The molecule has 0 radical (unpaired) electrons. The van der Waals surface area contributed by atoms with Crippen LogP contribution in [0.2, 0.25) is 0 Å². The van der Waals surface area contributed by atoms with Crippen LogP contribution in [0.3, 0.4) is 0 Å². The second kappa shape index (κ2) is 7.19. The summed E-state index contributed by atoms with van der Waals surface area (Å²) in [7, 11) is 0. The monoisotopic (exact) mass is 287 g/mol. The summed E-state index contributed by atoms with van der Waals surface area (Å²) in [5.74, 6) is 0.510. The smallest absolute Gasteiger partial charge is 0.309 e. The Hall–Kier alpha value is -2.69. The van der Waals surface area contributed by atoms with Gasteiger partial charge < -0.3 is 20.3 Å². The number of carbonyl (C=O) groups excluding carboxylic acids is 1. The molecule has 0 aliphatic carbocycles. The van der Waals surface area contributed by atoms with Crippen LogP contribution < -0.4 is 10.5 Å². The van der Waals surface area contributed by atoms with Crippen LogP contribution in [-0.4, -0.2) is 17.7 Å². The number of rotatable bonds is 6. The van der Waals surface area contributed by atoms with Gasteiger partial charge in [-0.2, -0.15) is 0 Å². The van der Waals surface area contributed by atoms with Crippen molar-refractivity contribution in [3.05, 3.63) is 54.1 Å². The predicted molar refractivity (Wildman–Crippen MR) is 78.9 cm³/mol. The van der Waals surface area contributed by atoms with Gasteiger partial charge in [0.15, 0.2) is 0 Å². The van der Waals surface area contributed by atoms with Crippen molar-refractivity contribution in [3.8, 4) is 11.5 Å². The van der Waals surface area contributed by atoms with Crippen molar-refractivity contribution >= 4 is 11.7 Å². The summed E-state index contributed by atoms with van der Waals surface area (Å²) in [6.45, 7) is 0.430. The molecule has 110 valence electrons. The molecule has 0 spiro atoms. The lowest BCUT2D eigenvalue weighted by atomic mass is 10.2. The molecule has 0 aromatic heterocycles. The molecule has 0 aliphatic rings. The van der Waals surface area contributed by atoms with E-state index in [2.05, 4.69) is 0 Å². The summed E-state index contributed by atoms with van der Waals surface area (Å²) < 4.78 is 10.5. The molecule has 2 rings (SSSR count). The maximum atomic E-state index is 11.6. The highest BCUT2D eigenvalue weighted by Gasteiger charge is 2.04. The largest absolute Gasteiger partial charge is 0.508 e. The minimum absolute atomic E-state index is 0.169. The van der Waals surface area contributed by atoms with Gasteiger partial charge in [0.05, 0.1) is 13.0 Å². The van der Waals surface area contributed by atoms with Crippen molar-refractivity contribution in [2.24, 2.45) is 0 Å². The molecule has 2 aromatic rings. The zero-order valence-corrected chi connectivity index (χ0v) is 11.5. The van der Waals surface area contributed by atoms with E-state index in [1.165, 1.54) is 0 Å². The normalized spacial score (nSPS) is 10.1. The van der Waals surface area contributed by atoms with Crippen LogP contribution in [0.1, 0.15) is 12.0 Å². The maximum absolute atomic E-state index is 11.6. The van der Waals surface area contributed by atoms with E-state index in [-0.39, 0.29) is 31.4 Å². The molecule has 5 heteroatoms. The molecule has 0 saturated heterocycles. The highest BCUT2D eigenvalue weighted by Crippen LogP contribution is 2.13. The third-order valence-corrected chi connectivity index (χ3v) is 2.79. The van der Waals surface area contributed by atoms with Crippen LogP contribution in [-0.2, 0) is 16.1 Å². The van der Waals surface area contributed by atoms with Crippen LogP contribution in [0.25, 0.3) is 0 Å². The number of carbonyl (C=O) groups is 1. The summed E-state index contributed by atoms with van der Waals surface area (Å²) in [5.41, 5.74) is 7.05. The van der Waals surface area contributed by atoms with E-state index >= 15 is 0 Å². The molecule has 0 fully saturated rings. The first-order chi connectivity index (χ1) is 10.1. The zero-order valence-electron chi connectivity index (χ0n) is 11.5. The number of aromatic hydroxyl groups is 1. The highest BCUT2D eigenvalue weighted by molar-refractivity contribution is 5.69. The zero-order chi connectivity index (χ0) is 15.1. The van der Waals surface area contributed by atoms with Gasteiger partial charge in [0.1, 0.15) is 18.1 Å². The molecule has 2 aromatic carbocycles. The molecule has 0 aliphatic heterocycles. The number of hydrogen-bond acceptors (Lipinski definition) is 5. The molecule has 0 unspecified atom stereocenters. The summed E-state index contributed by atoms with van der Waals surface area (Å²) in [5, 5.41) is 9.14. The number of nitrogens with two attached hydrogens (primary N) is 1. The van der Waals surface area contributed by atoms with Gasteiger partial charge in [-0.05, 0) is 42.0 Å². The first-order valence-electron chi connectivity index (χ1n) is 6.55. The number of anilines is 1. The predicted octanol–water partition coefficient (Wildman–Crippen LogP) is 2.49. The van der Waals surface area contributed by atoms with Crippen LogP contribution in [0.15, 0.2) is 48.5 Å². The van der Waals surface area contributed by atoms with E-state index in [1.54, 1.807) is 48.5 Å². The average Bonchev–Trinajstić information content (AvgIpc) is 2.49. The Morgan fingerprint density at radius 1 is 1.05 bits per heavy atom. The van der Waals surface area contributed by atoms with Crippen LogP contribution in [0.4, 0.5) is 5.69 Å². The molecule has 21 heavy (non-hydrogen) atoms. The van der Waals surface area contributed by atoms with Crippen molar-refractivity contribution in [2.45, 2.75) is 13.0 Å². The van der Waals surface area contributed by atoms with Crippen LogP contribution in [0, 0.1) is 0 Å². The topological polar surface area (TPSA) is 81.8 Å². The average molecular weight is 287 g/mol. The minimum Gasteiger partial charge on any atom is -0.508 e. The van der Waals surface area contributed by atoms with Crippen molar-refractivity contribution in [1.82, 2.24) is 0 Å². The van der Waals surface area contributed by atoms with Crippen molar-refractivity contribution in [2.75, 3.05) is 12.3 Å². The van der Waals surface area contributed by atoms with E-state index in [0.29, 0.717) is 11.4 Å². The van der Waals surface area contributed by atoms with E-state index in [4.69, 9.17) is 20.3 Å². The Bertz CT molecular complexity index is 578. The summed E-state index contributed by atoms with van der Waals surface area (Å²) in [4.78, 5) is 11.6. The van der Waals surface area contributed by atoms with Gasteiger partial charge in [0.25, 0.3) is 0 Å². The fraction of sp³-hybridized carbons (Fsp3) is 0.188. The number of phenols is 1. The third-order valence-electron chi connectivity index (χ3n) is 2.79. The van der Waals surface area contributed by atoms with Gasteiger partial charge in [-0.3, -0.25) is 4.79 Å². The van der Waals surface area contributed by atoms with E-state index in [9.17, 15) is 4.79 Å². The van der Waals surface area contributed by atoms with Crippen LogP contribution >= 0.6 is 0 Å². The van der Waals surface area contributed by atoms with Gasteiger partial charge in [0, 0.05) is 5.69 Å². The molecule has 5 nitrogen and oxygen atoms in total. The summed E-state index contributed by atoms with van der Waals surface area (Å²) in [6.07, 6.45) is 0.169. The quantitative estimate of drug-likeness (QED) is 0.630. The van der Waals surface area contributed by atoms with Crippen LogP contribution in [0.5, 0.6) is 11.5 Å². The first-order valence-corrected chi connectivity index (χ1v) is 6.55. The highest BCUT2D eigenvalue weighted by atomic mass is 16.5. The Kier molecular flexibility index (Phi) is 5.04. The lowest BCUT2D eigenvalue weighted by molar-refractivity contribution is -0.145. The Morgan fingerprint density at radius 3 is 2.38 bits per heavy atom. The SMILES string of the molecule is Nc1ccc(OCCC(=O)OCc2ccc(O)cc2)cc1. The molecule has 0 atom stereocenters. The van der Waals surface area contributed by atoms with Gasteiger partial charge in [-0.25, -0.2) is 0 Å².